The van der Waals surface area contributed by atoms with Crippen LogP contribution in [0.2, 0.25) is 0 Å². The van der Waals surface area contributed by atoms with Gasteiger partial charge in [0.2, 0.25) is 5.91 Å². The van der Waals surface area contributed by atoms with E-state index in [2.05, 4.69) is 20.9 Å². The molecular weight excluding hydrogens is 359 g/mol. The molecule has 0 atom stereocenters. The maximum absolute atomic E-state index is 12.9. The number of nitrogens with one attached hydrogen (secondary N) is 3. The summed E-state index contributed by atoms with van der Waals surface area (Å²) in [5.74, 6) is 0.949. The number of amides is 1. The minimum atomic E-state index is -0.243. The number of rotatable bonds is 9. The Morgan fingerprint density at radius 3 is 2.32 bits per heavy atom. The van der Waals surface area contributed by atoms with Gasteiger partial charge in [-0.05, 0) is 48.7 Å². The van der Waals surface area contributed by atoms with Gasteiger partial charge in [-0.25, -0.2) is 9.38 Å². The molecule has 0 aliphatic heterocycles. The minimum absolute atomic E-state index is 0.0298. The molecule has 2 aromatic rings. The smallest absolute Gasteiger partial charge is 0.242 e. The average Bonchev–Trinajstić information content (AvgIpc) is 2.72. The van der Waals surface area contributed by atoms with Crippen LogP contribution in [-0.2, 0) is 17.8 Å². The van der Waals surface area contributed by atoms with Gasteiger partial charge in [-0.15, -0.1) is 0 Å². The highest BCUT2D eigenvalue weighted by atomic mass is 19.1. The number of hydrogen-bond acceptors (Lipinski definition) is 3. The standard InChI is InChI=1S/C21H27FN4O2/c1-3-23-21(24-13-12-16-4-8-18(22)9-5-16)26-15-20(27)25-14-17-6-10-19(28-2)11-7-17/h4-11H,3,12-15H2,1-2H3,(H,25,27)(H2,23,24,26). The van der Waals surface area contributed by atoms with Crippen molar-refractivity contribution in [2.45, 2.75) is 19.9 Å². The van der Waals surface area contributed by atoms with Gasteiger partial charge in [-0.3, -0.25) is 4.79 Å². The molecule has 0 spiro atoms. The topological polar surface area (TPSA) is 74.8 Å². The number of guanidine groups is 1. The van der Waals surface area contributed by atoms with E-state index in [1.807, 2.05) is 31.2 Å². The van der Waals surface area contributed by atoms with Gasteiger partial charge in [0.1, 0.15) is 18.1 Å². The SMILES string of the molecule is CCNC(=NCC(=O)NCc1ccc(OC)cc1)NCCc1ccc(F)cc1. The number of nitrogens with zero attached hydrogens (tertiary/aromatic N) is 1. The predicted molar refractivity (Wildman–Crippen MR) is 109 cm³/mol. The molecule has 0 aliphatic rings. The zero-order valence-corrected chi connectivity index (χ0v) is 16.3. The lowest BCUT2D eigenvalue weighted by molar-refractivity contribution is -0.119. The lowest BCUT2D eigenvalue weighted by Gasteiger charge is -2.11. The first-order chi connectivity index (χ1) is 13.6. The Hall–Kier alpha value is -3.09. The molecule has 0 unspecified atom stereocenters. The summed E-state index contributed by atoms with van der Waals surface area (Å²) >= 11 is 0. The van der Waals surface area contributed by atoms with Crippen LogP contribution in [0.15, 0.2) is 53.5 Å². The molecule has 0 aromatic heterocycles. The molecule has 6 nitrogen and oxygen atoms in total. The van der Waals surface area contributed by atoms with E-state index >= 15 is 0 Å². The largest absolute Gasteiger partial charge is 0.497 e. The Labute approximate surface area is 165 Å². The van der Waals surface area contributed by atoms with Crippen molar-refractivity contribution in [1.82, 2.24) is 16.0 Å². The molecule has 0 fully saturated rings. The van der Waals surface area contributed by atoms with E-state index in [9.17, 15) is 9.18 Å². The van der Waals surface area contributed by atoms with Gasteiger partial charge >= 0.3 is 0 Å². The van der Waals surface area contributed by atoms with Crippen molar-refractivity contribution in [3.05, 3.63) is 65.5 Å². The summed E-state index contributed by atoms with van der Waals surface area (Å²) in [5, 5.41) is 9.12. The van der Waals surface area contributed by atoms with Crippen LogP contribution in [0.25, 0.3) is 0 Å². The molecule has 2 aromatic carbocycles. The number of benzene rings is 2. The van der Waals surface area contributed by atoms with Crippen LogP contribution >= 0.6 is 0 Å². The summed E-state index contributed by atoms with van der Waals surface area (Å²) in [6.45, 7) is 3.75. The van der Waals surface area contributed by atoms with Crippen molar-refractivity contribution < 1.29 is 13.9 Å². The van der Waals surface area contributed by atoms with Crippen LogP contribution in [0.4, 0.5) is 4.39 Å². The van der Waals surface area contributed by atoms with Crippen molar-refractivity contribution in [2.24, 2.45) is 4.99 Å². The second kappa shape index (κ2) is 11.6. The second-order valence-electron chi connectivity index (χ2n) is 6.12. The van der Waals surface area contributed by atoms with Crippen LogP contribution < -0.4 is 20.7 Å². The number of carbonyl (C=O) groups excluding carboxylic acids is 1. The Bertz CT molecular complexity index is 761. The monoisotopic (exact) mass is 386 g/mol. The fourth-order valence-corrected chi connectivity index (χ4v) is 2.47. The predicted octanol–water partition coefficient (Wildman–Crippen LogP) is 2.25. The zero-order valence-electron chi connectivity index (χ0n) is 16.3. The summed E-state index contributed by atoms with van der Waals surface area (Å²) in [5.41, 5.74) is 2.02. The van der Waals surface area contributed by atoms with Crippen LogP contribution in [0.3, 0.4) is 0 Å². The highest BCUT2D eigenvalue weighted by molar-refractivity contribution is 5.84. The van der Waals surface area contributed by atoms with Crippen molar-refractivity contribution >= 4 is 11.9 Å². The number of ether oxygens (including phenoxy) is 1. The summed E-state index contributed by atoms with van der Waals surface area (Å²) in [4.78, 5) is 16.3. The zero-order chi connectivity index (χ0) is 20.2. The third-order valence-corrected chi connectivity index (χ3v) is 3.99. The Kier molecular flexibility index (Phi) is 8.78. The molecule has 0 bridgehead atoms. The number of halogens is 1. The van der Waals surface area contributed by atoms with Gasteiger partial charge < -0.3 is 20.7 Å². The quantitative estimate of drug-likeness (QED) is 0.456. The van der Waals surface area contributed by atoms with E-state index in [-0.39, 0.29) is 18.3 Å². The molecule has 28 heavy (non-hydrogen) atoms. The summed E-state index contributed by atoms with van der Waals surface area (Å²) in [6.07, 6.45) is 0.731. The second-order valence-corrected chi connectivity index (χ2v) is 6.12. The molecule has 1 amide bonds. The first-order valence-corrected chi connectivity index (χ1v) is 9.27. The van der Waals surface area contributed by atoms with Gasteiger partial charge in [0.05, 0.1) is 7.11 Å². The number of methoxy groups -OCH3 is 1. The van der Waals surface area contributed by atoms with Gasteiger partial charge in [-0.1, -0.05) is 24.3 Å². The van der Waals surface area contributed by atoms with E-state index < -0.39 is 0 Å². The van der Waals surface area contributed by atoms with Crippen molar-refractivity contribution in [3.63, 3.8) is 0 Å². The molecule has 150 valence electrons. The van der Waals surface area contributed by atoms with E-state index in [0.29, 0.717) is 25.6 Å². The molecule has 3 N–H and O–H groups in total. The third-order valence-electron chi connectivity index (χ3n) is 3.99. The molecule has 0 aliphatic carbocycles. The number of hydrogen-bond donors (Lipinski definition) is 3. The fourth-order valence-electron chi connectivity index (χ4n) is 2.47. The van der Waals surface area contributed by atoms with Crippen LogP contribution in [-0.4, -0.2) is 38.6 Å². The highest BCUT2D eigenvalue weighted by Crippen LogP contribution is 2.10. The van der Waals surface area contributed by atoms with Gasteiger partial charge in [-0.2, -0.15) is 0 Å². The molecule has 0 saturated heterocycles. The lowest BCUT2D eigenvalue weighted by atomic mass is 10.1. The van der Waals surface area contributed by atoms with Gasteiger partial charge in [0, 0.05) is 19.6 Å². The number of carbonyl (C=O) groups is 1. The normalized spacial score (nSPS) is 11.0. The molecule has 0 heterocycles. The summed E-state index contributed by atoms with van der Waals surface area (Å²) in [7, 11) is 1.62. The van der Waals surface area contributed by atoms with Gasteiger partial charge in [0.15, 0.2) is 5.96 Å². The van der Waals surface area contributed by atoms with Crippen LogP contribution in [0.1, 0.15) is 18.1 Å². The fraction of sp³-hybridized carbons (Fsp3) is 0.333. The number of aliphatic imine (C=N–C) groups is 1. The Morgan fingerprint density at radius 1 is 1.00 bits per heavy atom. The molecule has 2 rings (SSSR count). The van der Waals surface area contributed by atoms with E-state index in [1.54, 1.807) is 19.2 Å². The first-order valence-electron chi connectivity index (χ1n) is 9.27. The Morgan fingerprint density at radius 2 is 1.68 bits per heavy atom. The maximum Gasteiger partial charge on any atom is 0.242 e. The van der Waals surface area contributed by atoms with Crippen molar-refractivity contribution in [3.8, 4) is 5.75 Å². The summed E-state index contributed by atoms with van der Waals surface area (Å²) < 4.78 is 18.0. The van der Waals surface area contributed by atoms with Crippen molar-refractivity contribution in [2.75, 3.05) is 26.7 Å². The highest BCUT2D eigenvalue weighted by Gasteiger charge is 2.03. The lowest BCUT2D eigenvalue weighted by Crippen LogP contribution is -2.39. The summed E-state index contributed by atoms with van der Waals surface area (Å²) in [6, 6.07) is 13.9. The minimum Gasteiger partial charge on any atom is -0.497 e. The van der Waals surface area contributed by atoms with E-state index in [1.165, 1.54) is 12.1 Å². The third kappa shape index (κ3) is 7.65. The first kappa shape index (κ1) is 21.2. The van der Waals surface area contributed by atoms with Crippen LogP contribution in [0, 0.1) is 5.82 Å². The van der Waals surface area contributed by atoms with Gasteiger partial charge in [0.25, 0.3) is 0 Å². The molecule has 0 saturated carbocycles. The van der Waals surface area contributed by atoms with Crippen LogP contribution in [0.5, 0.6) is 5.75 Å². The Balaban J connectivity index is 1.76. The molecule has 7 heteroatoms. The molecule has 0 radical (unpaired) electrons. The van der Waals surface area contributed by atoms with E-state index in [4.69, 9.17) is 4.74 Å². The maximum atomic E-state index is 12.9. The van der Waals surface area contributed by atoms with Crippen molar-refractivity contribution in [1.29, 1.82) is 0 Å². The van der Waals surface area contributed by atoms with E-state index in [0.717, 1.165) is 23.3 Å². The molecular formula is C21H27FN4O2. The average molecular weight is 386 g/mol.